The van der Waals surface area contributed by atoms with Crippen molar-refractivity contribution in [1.82, 2.24) is 0 Å². The standard InChI is InChI=1S/C60H64O2/c1-57(2,3)43-27-37-24-40-30-44(58(4,5)6)31-41-26-39-29-45(59(7,8)9)33-47-51(39)56-52(36-21-17-14-18-22-36)53(47)48-34-46(60(10,11)12)32-42(55(48)62-56)25-38(28-43)50(37)49(61-54(40)41)23-35-19-15-13-16-20-35/h13-23,27-34,52-53,56H,24-26H2,1-12H3/b49-23+/t52-,53-,56-/m0/s1. The van der Waals surface area contributed by atoms with Gasteiger partial charge in [-0.1, -0.05) is 192 Å². The molecule has 0 fully saturated rings. The number of hydrogen-bond donors (Lipinski definition) is 0. The van der Waals surface area contributed by atoms with Gasteiger partial charge in [0, 0.05) is 47.8 Å². The molecule has 0 unspecified atom stereocenters. The van der Waals surface area contributed by atoms with Gasteiger partial charge in [0.1, 0.15) is 23.4 Å². The Hall–Kier alpha value is -5.34. The van der Waals surface area contributed by atoms with E-state index in [9.17, 15) is 0 Å². The van der Waals surface area contributed by atoms with Crippen LogP contribution in [0.25, 0.3) is 11.8 Å². The highest BCUT2D eigenvalue weighted by Crippen LogP contribution is 2.63. The first kappa shape index (κ1) is 40.7. The third kappa shape index (κ3) is 6.93. The van der Waals surface area contributed by atoms with E-state index in [0.29, 0.717) is 0 Å². The van der Waals surface area contributed by atoms with Gasteiger partial charge in [-0.2, -0.15) is 0 Å². The molecule has 0 saturated heterocycles. The van der Waals surface area contributed by atoms with Gasteiger partial charge in [-0.15, -0.1) is 0 Å². The molecule has 316 valence electrons. The summed E-state index contributed by atoms with van der Waals surface area (Å²) in [6.45, 7) is 28.3. The molecule has 2 nitrogen and oxygen atoms in total. The zero-order valence-corrected chi connectivity index (χ0v) is 39.1. The van der Waals surface area contributed by atoms with Crippen LogP contribution in [-0.4, -0.2) is 0 Å². The number of rotatable bonds is 2. The lowest BCUT2D eigenvalue weighted by atomic mass is 9.74. The third-order valence-electron chi connectivity index (χ3n) is 14.3. The second-order valence-corrected chi connectivity index (χ2v) is 23.0. The van der Waals surface area contributed by atoms with Crippen LogP contribution in [0.5, 0.6) is 11.5 Å². The first-order valence-electron chi connectivity index (χ1n) is 23.1. The highest BCUT2D eigenvalue weighted by atomic mass is 16.5. The van der Waals surface area contributed by atoms with Crippen LogP contribution in [0.1, 0.15) is 190 Å². The fourth-order valence-corrected chi connectivity index (χ4v) is 10.7. The largest absolute Gasteiger partial charge is 0.484 e. The van der Waals surface area contributed by atoms with E-state index in [-0.39, 0.29) is 39.6 Å². The molecule has 4 aliphatic rings. The normalized spacial score (nSPS) is 19.5. The topological polar surface area (TPSA) is 18.5 Å². The van der Waals surface area contributed by atoms with E-state index in [1.807, 2.05) is 0 Å². The van der Waals surface area contributed by atoms with Gasteiger partial charge in [-0.3, -0.25) is 0 Å². The van der Waals surface area contributed by atoms with Gasteiger partial charge < -0.3 is 9.47 Å². The van der Waals surface area contributed by atoms with Gasteiger partial charge in [-0.05, 0) is 100 Å². The van der Waals surface area contributed by atoms with Crippen LogP contribution in [0, 0.1) is 0 Å². The molecule has 10 rings (SSSR count). The van der Waals surface area contributed by atoms with Crippen molar-refractivity contribution in [2.24, 2.45) is 0 Å². The lowest BCUT2D eigenvalue weighted by Crippen LogP contribution is -2.25. The predicted molar refractivity (Wildman–Crippen MR) is 258 cm³/mol. The monoisotopic (exact) mass is 816 g/mol. The minimum absolute atomic E-state index is 0.0541. The molecular weight excluding hydrogens is 753 g/mol. The quantitative estimate of drug-likeness (QED) is 0.173. The van der Waals surface area contributed by atoms with Crippen LogP contribution >= 0.6 is 0 Å². The van der Waals surface area contributed by atoms with E-state index in [1.54, 1.807) is 0 Å². The summed E-state index contributed by atoms with van der Waals surface area (Å²) in [4.78, 5) is 0. The fourth-order valence-electron chi connectivity index (χ4n) is 10.7. The molecule has 3 heterocycles. The molecule has 62 heavy (non-hydrogen) atoms. The molecule has 6 aromatic carbocycles. The second kappa shape index (κ2) is 14.1. The van der Waals surface area contributed by atoms with E-state index >= 15 is 0 Å². The lowest BCUT2D eigenvalue weighted by Gasteiger charge is -2.36. The molecule has 5 bridgehead atoms. The molecule has 0 N–H and O–H groups in total. The summed E-state index contributed by atoms with van der Waals surface area (Å²) >= 11 is 0. The van der Waals surface area contributed by atoms with Crippen molar-refractivity contribution in [3.05, 3.63) is 198 Å². The number of hydrogen-bond acceptors (Lipinski definition) is 2. The number of ether oxygens (including phenoxy) is 2. The van der Waals surface area contributed by atoms with Crippen LogP contribution < -0.4 is 9.47 Å². The summed E-state index contributed by atoms with van der Waals surface area (Å²) in [5, 5.41) is 0. The maximum Gasteiger partial charge on any atom is 0.135 e. The molecule has 0 aromatic heterocycles. The first-order chi connectivity index (χ1) is 29.2. The summed E-state index contributed by atoms with van der Waals surface area (Å²) in [5.41, 5.74) is 20.7. The highest BCUT2D eigenvalue weighted by Gasteiger charge is 2.51. The second-order valence-electron chi connectivity index (χ2n) is 23.0. The Labute approximate surface area is 371 Å². The maximum atomic E-state index is 7.77. The zero-order chi connectivity index (χ0) is 43.7. The Morgan fingerprint density at radius 3 is 1.44 bits per heavy atom. The maximum absolute atomic E-state index is 7.77. The van der Waals surface area contributed by atoms with E-state index < -0.39 is 0 Å². The number of benzene rings is 6. The molecular formula is C60H64O2. The predicted octanol–water partition coefficient (Wildman–Crippen LogP) is 15.2. The molecule has 0 radical (unpaired) electrons. The van der Waals surface area contributed by atoms with Crippen molar-refractivity contribution >= 4 is 11.8 Å². The molecule has 3 aliphatic heterocycles. The van der Waals surface area contributed by atoms with Gasteiger partial charge in [0.2, 0.25) is 0 Å². The third-order valence-corrected chi connectivity index (χ3v) is 14.3. The van der Waals surface area contributed by atoms with Crippen molar-refractivity contribution in [2.45, 2.75) is 142 Å². The molecule has 0 amide bonds. The van der Waals surface area contributed by atoms with Crippen molar-refractivity contribution in [1.29, 1.82) is 0 Å². The van der Waals surface area contributed by atoms with E-state index in [0.717, 1.165) is 42.1 Å². The Bertz CT molecular complexity index is 2790. The molecule has 1 aliphatic carbocycles. The Morgan fingerprint density at radius 1 is 0.468 bits per heavy atom. The minimum atomic E-state index is -0.125. The Morgan fingerprint density at radius 2 is 0.903 bits per heavy atom. The first-order valence-corrected chi connectivity index (χ1v) is 23.1. The summed E-state index contributed by atoms with van der Waals surface area (Å²) in [7, 11) is 0. The lowest BCUT2D eigenvalue weighted by molar-refractivity contribution is 0.157. The summed E-state index contributed by atoms with van der Waals surface area (Å²) in [5.74, 6) is 3.30. The summed E-state index contributed by atoms with van der Waals surface area (Å²) in [6.07, 6.45) is 4.44. The van der Waals surface area contributed by atoms with Gasteiger partial charge in [0.05, 0.1) is 0 Å². The van der Waals surface area contributed by atoms with Crippen LogP contribution in [0.4, 0.5) is 0 Å². The van der Waals surface area contributed by atoms with Crippen molar-refractivity contribution in [2.75, 3.05) is 0 Å². The average Bonchev–Trinajstić information content (AvgIpc) is 3.31. The Kier molecular flexibility index (Phi) is 9.25. The van der Waals surface area contributed by atoms with E-state index in [4.69, 9.17) is 9.47 Å². The fraction of sp³-hybridized carbons (Fsp3) is 0.367. The van der Waals surface area contributed by atoms with Crippen molar-refractivity contribution in [3.8, 4) is 11.5 Å². The summed E-state index contributed by atoms with van der Waals surface area (Å²) in [6, 6.07) is 42.0. The molecule has 6 aromatic rings. The van der Waals surface area contributed by atoms with Crippen LogP contribution in [0.15, 0.2) is 109 Å². The smallest absolute Gasteiger partial charge is 0.135 e. The zero-order valence-electron chi connectivity index (χ0n) is 39.1. The highest BCUT2D eigenvalue weighted by molar-refractivity contribution is 5.84. The van der Waals surface area contributed by atoms with E-state index in [2.05, 4.69) is 198 Å². The van der Waals surface area contributed by atoms with Gasteiger partial charge in [-0.25, -0.2) is 0 Å². The average molecular weight is 817 g/mol. The van der Waals surface area contributed by atoms with Crippen LogP contribution in [0.2, 0.25) is 0 Å². The molecule has 0 spiro atoms. The Balaban J connectivity index is 1.37. The van der Waals surface area contributed by atoms with Gasteiger partial charge in [0.25, 0.3) is 0 Å². The molecule has 3 atom stereocenters. The minimum Gasteiger partial charge on any atom is -0.484 e. The van der Waals surface area contributed by atoms with Crippen molar-refractivity contribution in [3.63, 3.8) is 0 Å². The van der Waals surface area contributed by atoms with Gasteiger partial charge >= 0.3 is 0 Å². The van der Waals surface area contributed by atoms with Gasteiger partial charge in [0.15, 0.2) is 0 Å². The summed E-state index contributed by atoms with van der Waals surface area (Å²) < 4.78 is 15.4. The van der Waals surface area contributed by atoms with E-state index in [1.165, 1.54) is 83.5 Å². The molecule has 0 saturated carbocycles. The van der Waals surface area contributed by atoms with Crippen LogP contribution in [-0.2, 0) is 40.9 Å². The SMILES string of the molecule is CC(C)(C)c1cc2c3c(c1)Cc1cc(C(C)(C)C)cc4c1[C@@H]1Oc5c(cc(C(C)(C)C)cc5[C@H]4[C@@H]1c1ccccc1)Cc1cc(C(C)(C)C)cc(c1/C(=C\c1ccccc1)O3)C2. The van der Waals surface area contributed by atoms with Crippen molar-refractivity contribution < 1.29 is 9.47 Å². The van der Waals surface area contributed by atoms with Crippen LogP contribution in [0.3, 0.4) is 0 Å². The number of fused-ring (bicyclic) bond motifs is 4. The molecule has 2 heteroatoms.